The number of carbonyl (C=O) groups is 1. The molecule has 6 nitrogen and oxygen atoms in total. The zero-order chi connectivity index (χ0) is 20.5. The van der Waals surface area contributed by atoms with Gasteiger partial charge < -0.3 is 15.6 Å². The molecule has 0 atom stereocenters. The number of benzene rings is 1. The molecule has 0 aliphatic heterocycles. The van der Waals surface area contributed by atoms with Crippen molar-refractivity contribution in [2.45, 2.75) is 52.6 Å². The molecule has 1 aromatic carbocycles. The van der Waals surface area contributed by atoms with Crippen molar-refractivity contribution in [3.8, 4) is 0 Å². The van der Waals surface area contributed by atoms with Crippen LogP contribution in [0.25, 0.3) is 11.0 Å². The topological polar surface area (TPSA) is 82.2 Å². The van der Waals surface area contributed by atoms with Gasteiger partial charge in [-0.1, -0.05) is 5.57 Å². The van der Waals surface area contributed by atoms with Crippen LogP contribution in [0.15, 0.2) is 45.7 Å². The van der Waals surface area contributed by atoms with Gasteiger partial charge in [0, 0.05) is 16.7 Å². The third-order valence-corrected chi connectivity index (χ3v) is 4.94. The van der Waals surface area contributed by atoms with Crippen LogP contribution < -0.4 is 10.6 Å². The quantitative estimate of drug-likeness (QED) is 0.387. The average molecular weight is 383 g/mol. The van der Waals surface area contributed by atoms with Gasteiger partial charge in [0.1, 0.15) is 17.5 Å². The fraction of sp³-hybridized carbons (Fsp3) is 0.381. The Kier molecular flexibility index (Phi) is 5.36. The fourth-order valence-electron chi connectivity index (χ4n) is 3.11. The van der Waals surface area contributed by atoms with E-state index in [9.17, 15) is 9.18 Å². The van der Waals surface area contributed by atoms with E-state index < -0.39 is 0 Å². The van der Waals surface area contributed by atoms with Gasteiger partial charge in [-0.05, 0) is 65.5 Å². The largest absolute Gasteiger partial charge is 0.365 e. The summed E-state index contributed by atoms with van der Waals surface area (Å²) in [5.41, 5.74) is 3.50. The third-order valence-electron chi connectivity index (χ3n) is 4.94. The number of aromatic amines is 1. The lowest BCUT2D eigenvalue weighted by molar-refractivity contribution is -0.117. The number of nitrogens with one attached hydrogen (secondary N) is 3. The van der Waals surface area contributed by atoms with Crippen LogP contribution in [0.4, 0.5) is 4.39 Å². The molecule has 3 rings (SSSR count). The number of carbonyl (C=O) groups excluding carboxylic acids is 1. The molecular formula is C21H26FN5O. The van der Waals surface area contributed by atoms with Crippen LogP contribution in [0.1, 0.15) is 46.4 Å². The minimum atomic E-state index is -0.333. The fourth-order valence-corrected chi connectivity index (χ4v) is 3.11. The number of halogens is 1. The first-order chi connectivity index (χ1) is 13.2. The standard InChI is InChI=1S/C21H26FN5O/c1-12(2)18(13(3)19(23-5)27-21(4)8-9-21)20(28)24-11-17-25-15-7-6-14(22)10-16(15)26-17/h6-7,10,27H,5,8-9,11H2,1-4H3,(H,24,28)(H,25,26)/b19-13-. The van der Waals surface area contributed by atoms with E-state index in [2.05, 4.69) is 39.2 Å². The van der Waals surface area contributed by atoms with Gasteiger partial charge in [0.15, 0.2) is 0 Å². The molecule has 0 spiro atoms. The predicted molar refractivity (Wildman–Crippen MR) is 109 cm³/mol. The zero-order valence-electron chi connectivity index (χ0n) is 16.7. The number of rotatable bonds is 7. The van der Waals surface area contributed by atoms with Crippen molar-refractivity contribution in [1.29, 1.82) is 0 Å². The van der Waals surface area contributed by atoms with Gasteiger partial charge in [-0.3, -0.25) is 4.79 Å². The minimum absolute atomic E-state index is 0.0323. The van der Waals surface area contributed by atoms with Gasteiger partial charge in [-0.15, -0.1) is 0 Å². The average Bonchev–Trinajstić information content (AvgIpc) is 3.22. The second kappa shape index (κ2) is 7.58. The Morgan fingerprint density at radius 3 is 2.68 bits per heavy atom. The van der Waals surface area contributed by atoms with E-state index in [1.165, 1.54) is 12.1 Å². The van der Waals surface area contributed by atoms with E-state index in [0.29, 0.717) is 28.3 Å². The maximum absolute atomic E-state index is 13.3. The van der Waals surface area contributed by atoms with Crippen molar-refractivity contribution >= 4 is 23.7 Å². The van der Waals surface area contributed by atoms with E-state index in [-0.39, 0.29) is 23.8 Å². The van der Waals surface area contributed by atoms with Gasteiger partial charge >= 0.3 is 0 Å². The highest BCUT2D eigenvalue weighted by atomic mass is 19.1. The highest BCUT2D eigenvalue weighted by Gasteiger charge is 2.38. The Hall–Kier alpha value is -2.96. The summed E-state index contributed by atoms with van der Waals surface area (Å²) in [5, 5.41) is 6.27. The number of H-pyrrole nitrogens is 1. The van der Waals surface area contributed by atoms with Crippen molar-refractivity contribution < 1.29 is 9.18 Å². The third kappa shape index (κ3) is 4.30. The number of aromatic nitrogens is 2. The van der Waals surface area contributed by atoms with Crippen LogP contribution in [-0.2, 0) is 11.3 Å². The molecule has 0 radical (unpaired) electrons. The van der Waals surface area contributed by atoms with E-state index in [4.69, 9.17) is 0 Å². The number of nitrogens with zero attached hydrogens (tertiary/aromatic N) is 2. The Balaban J connectivity index is 1.77. The number of hydrogen-bond donors (Lipinski definition) is 3. The molecule has 1 heterocycles. The first-order valence-corrected chi connectivity index (χ1v) is 9.28. The summed E-state index contributed by atoms with van der Waals surface area (Å²) in [7, 11) is 0. The van der Waals surface area contributed by atoms with Crippen molar-refractivity contribution in [1.82, 2.24) is 20.6 Å². The Bertz CT molecular complexity index is 993. The number of aliphatic imine (C=N–C) groups is 1. The summed E-state index contributed by atoms with van der Waals surface area (Å²) >= 11 is 0. The minimum Gasteiger partial charge on any atom is -0.365 e. The van der Waals surface area contributed by atoms with Crippen LogP contribution >= 0.6 is 0 Å². The number of imidazole rings is 1. The predicted octanol–water partition coefficient (Wildman–Crippen LogP) is 3.73. The normalized spacial score (nSPS) is 15.6. The van der Waals surface area contributed by atoms with Crippen LogP contribution in [-0.4, -0.2) is 28.1 Å². The monoisotopic (exact) mass is 383 g/mol. The summed E-state index contributed by atoms with van der Waals surface area (Å²) < 4.78 is 13.3. The van der Waals surface area contributed by atoms with Crippen LogP contribution in [0.5, 0.6) is 0 Å². The maximum Gasteiger partial charge on any atom is 0.251 e. The van der Waals surface area contributed by atoms with Crippen molar-refractivity contribution in [3.63, 3.8) is 0 Å². The van der Waals surface area contributed by atoms with E-state index in [1.54, 1.807) is 6.07 Å². The number of allylic oxidation sites excluding steroid dienone is 1. The lowest BCUT2D eigenvalue weighted by atomic mass is 10.0. The van der Waals surface area contributed by atoms with Gasteiger partial charge in [0.25, 0.3) is 5.91 Å². The number of amides is 1. The molecule has 148 valence electrons. The highest BCUT2D eigenvalue weighted by molar-refractivity contribution is 5.98. The highest BCUT2D eigenvalue weighted by Crippen LogP contribution is 2.36. The molecule has 0 unspecified atom stereocenters. The Labute approximate surface area is 164 Å². The van der Waals surface area contributed by atoms with E-state index in [1.807, 2.05) is 20.8 Å². The molecule has 7 heteroatoms. The molecule has 28 heavy (non-hydrogen) atoms. The van der Waals surface area contributed by atoms with Crippen molar-refractivity contribution in [3.05, 3.63) is 52.4 Å². The van der Waals surface area contributed by atoms with Crippen LogP contribution in [0.2, 0.25) is 0 Å². The number of fused-ring (bicyclic) bond motifs is 1. The first-order valence-electron chi connectivity index (χ1n) is 9.28. The zero-order valence-corrected chi connectivity index (χ0v) is 16.7. The van der Waals surface area contributed by atoms with Gasteiger partial charge in [-0.2, -0.15) is 0 Å². The second-order valence-electron chi connectivity index (χ2n) is 7.72. The summed E-state index contributed by atoms with van der Waals surface area (Å²) in [6, 6.07) is 4.35. The Morgan fingerprint density at radius 1 is 1.36 bits per heavy atom. The molecule has 3 N–H and O–H groups in total. The Morgan fingerprint density at radius 2 is 2.07 bits per heavy atom. The lowest BCUT2D eigenvalue weighted by Gasteiger charge is -2.18. The molecular weight excluding hydrogens is 357 g/mol. The van der Waals surface area contributed by atoms with E-state index in [0.717, 1.165) is 24.0 Å². The molecule has 1 fully saturated rings. The summed E-state index contributed by atoms with van der Waals surface area (Å²) in [6.45, 7) is 11.6. The van der Waals surface area contributed by atoms with Crippen molar-refractivity contribution in [2.24, 2.45) is 4.99 Å². The van der Waals surface area contributed by atoms with Gasteiger partial charge in [0.05, 0.1) is 17.6 Å². The lowest BCUT2D eigenvalue weighted by Crippen LogP contribution is -2.30. The molecule has 0 saturated heterocycles. The molecule has 0 bridgehead atoms. The molecule has 1 aromatic heterocycles. The smallest absolute Gasteiger partial charge is 0.251 e. The summed E-state index contributed by atoms with van der Waals surface area (Å²) in [5.74, 6) is 0.647. The molecule has 1 aliphatic rings. The summed E-state index contributed by atoms with van der Waals surface area (Å²) in [6.07, 6.45) is 2.14. The maximum atomic E-state index is 13.3. The SMILES string of the molecule is C=N/C(NC1(C)CC1)=C(\C)C(C(=O)NCc1nc2ccc(F)cc2[nH]1)=C(C)C. The number of hydrogen-bond acceptors (Lipinski definition) is 4. The molecule has 2 aromatic rings. The second-order valence-corrected chi connectivity index (χ2v) is 7.72. The van der Waals surface area contributed by atoms with Crippen molar-refractivity contribution in [2.75, 3.05) is 0 Å². The van der Waals surface area contributed by atoms with Gasteiger partial charge in [-0.25, -0.2) is 14.4 Å². The molecule has 1 saturated carbocycles. The van der Waals surface area contributed by atoms with Crippen LogP contribution in [0.3, 0.4) is 0 Å². The molecule has 1 amide bonds. The van der Waals surface area contributed by atoms with E-state index >= 15 is 0 Å². The van der Waals surface area contributed by atoms with Gasteiger partial charge in [0.2, 0.25) is 0 Å². The molecule has 1 aliphatic carbocycles. The van der Waals surface area contributed by atoms with Crippen LogP contribution in [0, 0.1) is 5.82 Å². The summed E-state index contributed by atoms with van der Waals surface area (Å²) in [4.78, 5) is 24.4. The first kappa shape index (κ1) is 19.8.